The second-order valence-corrected chi connectivity index (χ2v) is 3.61. The highest BCUT2D eigenvalue weighted by Crippen LogP contribution is 2.17. The minimum Gasteiger partial charge on any atom is -0.299 e. The van der Waals surface area contributed by atoms with Gasteiger partial charge in [0, 0.05) is 23.7 Å². The Morgan fingerprint density at radius 3 is 2.80 bits per heavy atom. The number of hydrogen-bond donors (Lipinski definition) is 1. The Kier molecular flexibility index (Phi) is 2.72. The van der Waals surface area contributed by atoms with Crippen molar-refractivity contribution in [2.24, 2.45) is 0 Å². The lowest BCUT2D eigenvalue weighted by atomic mass is 9.98. The summed E-state index contributed by atoms with van der Waals surface area (Å²) in [7, 11) is 0. The highest BCUT2D eigenvalue weighted by molar-refractivity contribution is 6.05. The van der Waals surface area contributed by atoms with Gasteiger partial charge in [0.1, 0.15) is 0 Å². The van der Waals surface area contributed by atoms with Crippen molar-refractivity contribution in [3.05, 3.63) is 47.9 Å². The van der Waals surface area contributed by atoms with Crippen LogP contribution >= 0.6 is 0 Å². The van der Waals surface area contributed by atoms with Crippen LogP contribution in [-0.4, -0.2) is 10.5 Å². The number of carbonyl (C=O) groups is 1. The number of nitrogens with zero attached hydrogens (tertiary/aromatic N) is 1. The Hall–Kier alpha value is -1.77. The zero-order valence-electron chi connectivity index (χ0n) is 8.73. The van der Waals surface area contributed by atoms with E-state index in [1.807, 2.05) is 42.2 Å². The Bertz CT molecular complexity index is 413. The lowest BCUT2D eigenvalue weighted by Crippen LogP contribution is -2.16. The van der Waals surface area contributed by atoms with Crippen LogP contribution in [0.15, 0.2) is 47.9 Å². The molecule has 1 N–H and O–H groups in total. The van der Waals surface area contributed by atoms with E-state index in [0.717, 1.165) is 24.1 Å². The fraction of sp³-hybridized carbons (Fsp3) is 0.250. The van der Waals surface area contributed by atoms with Gasteiger partial charge in [-0.1, -0.05) is 6.08 Å². The number of hydrogen-bond acceptors (Lipinski definition) is 2. The summed E-state index contributed by atoms with van der Waals surface area (Å²) < 4.78 is 1.84. The number of aromatic nitrogens is 1. The van der Waals surface area contributed by atoms with Crippen LogP contribution in [0.2, 0.25) is 0 Å². The Morgan fingerprint density at radius 1 is 1.40 bits per heavy atom. The summed E-state index contributed by atoms with van der Waals surface area (Å²) in [6, 6.07) is 3.88. The standard InChI is InChI=1S/C12H14N2O/c1-10(13-14-8-4-5-9-14)11-6-2-3-7-12(11)15/h3-5,7-9,13H,2,6H2,1H3. The van der Waals surface area contributed by atoms with Gasteiger partial charge in [0.05, 0.1) is 0 Å². The molecule has 0 aromatic carbocycles. The zero-order valence-corrected chi connectivity index (χ0v) is 8.73. The van der Waals surface area contributed by atoms with Gasteiger partial charge in [-0.25, -0.2) is 0 Å². The molecule has 0 radical (unpaired) electrons. The summed E-state index contributed by atoms with van der Waals surface area (Å²) in [6.45, 7) is 1.94. The lowest BCUT2D eigenvalue weighted by Gasteiger charge is -2.14. The lowest BCUT2D eigenvalue weighted by molar-refractivity contribution is -0.111. The maximum atomic E-state index is 11.6. The average Bonchev–Trinajstić information content (AvgIpc) is 2.71. The first-order valence-electron chi connectivity index (χ1n) is 5.08. The molecule has 2 rings (SSSR count). The first-order valence-corrected chi connectivity index (χ1v) is 5.08. The van der Waals surface area contributed by atoms with Crippen molar-refractivity contribution >= 4 is 5.78 Å². The molecule has 1 heterocycles. The molecule has 0 aliphatic heterocycles. The highest BCUT2D eigenvalue weighted by atomic mass is 16.1. The van der Waals surface area contributed by atoms with Gasteiger partial charge in [0.25, 0.3) is 0 Å². The molecule has 0 unspecified atom stereocenters. The normalized spacial score (nSPS) is 19.1. The van der Waals surface area contributed by atoms with E-state index in [2.05, 4.69) is 5.43 Å². The van der Waals surface area contributed by atoms with E-state index in [4.69, 9.17) is 0 Å². The zero-order chi connectivity index (χ0) is 10.7. The van der Waals surface area contributed by atoms with Crippen LogP contribution in [0, 0.1) is 0 Å². The van der Waals surface area contributed by atoms with Crippen molar-refractivity contribution in [2.75, 3.05) is 5.43 Å². The minimum atomic E-state index is 0.124. The first kappa shape index (κ1) is 9.77. The maximum Gasteiger partial charge on any atom is 0.183 e. The molecule has 0 saturated heterocycles. The molecule has 15 heavy (non-hydrogen) atoms. The van der Waals surface area contributed by atoms with Gasteiger partial charge in [0.2, 0.25) is 0 Å². The molecule has 3 heteroatoms. The van der Waals surface area contributed by atoms with Crippen molar-refractivity contribution in [1.82, 2.24) is 4.68 Å². The van der Waals surface area contributed by atoms with Gasteiger partial charge in [0.15, 0.2) is 5.78 Å². The second kappa shape index (κ2) is 4.17. The molecule has 0 atom stereocenters. The number of ketones is 1. The van der Waals surface area contributed by atoms with E-state index >= 15 is 0 Å². The summed E-state index contributed by atoms with van der Waals surface area (Å²) in [5.74, 6) is 0.124. The van der Waals surface area contributed by atoms with Crippen LogP contribution in [0.1, 0.15) is 19.8 Å². The predicted molar refractivity (Wildman–Crippen MR) is 59.9 cm³/mol. The second-order valence-electron chi connectivity index (χ2n) is 3.61. The van der Waals surface area contributed by atoms with E-state index in [1.165, 1.54) is 0 Å². The van der Waals surface area contributed by atoms with Crippen LogP contribution in [0.5, 0.6) is 0 Å². The molecular weight excluding hydrogens is 188 g/mol. The van der Waals surface area contributed by atoms with Crippen LogP contribution in [0.4, 0.5) is 0 Å². The Balaban J connectivity index is 2.18. The Labute approximate surface area is 89.1 Å². The van der Waals surface area contributed by atoms with E-state index in [-0.39, 0.29) is 5.78 Å². The van der Waals surface area contributed by atoms with Crippen molar-refractivity contribution in [1.29, 1.82) is 0 Å². The van der Waals surface area contributed by atoms with Gasteiger partial charge >= 0.3 is 0 Å². The molecule has 1 aromatic rings. The van der Waals surface area contributed by atoms with Gasteiger partial charge in [-0.2, -0.15) is 0 Å². The SMILES string of the molecule is CC(Nn1cccc1)=C1CCC=CC1=O. The fourth-order valence-corrected chi connectivity index (χ4v) is 1.68. The smallest absolute Gasteiger partial charge is 0.183 e. The average molecular weight is 202 g/mol. The molecule has 0 bridgehead atoms. The number of carbonyl (C=O) groups excluding carboxylic acids is 1. The summed E-state index contributed by atoms with van der Waals surface area (Å²) in [5.41, 5.74) is 4.98. The van der Waals surface area contributed by atoms with Crippen LogP contribution in [0.3, 0.4) is 0 Å². The molecule has 0 fully saturated rings. The summed E-state index contributed by atoms with van der Waals surface area (Å²) in [5, 5.41) is 0. The molecule has 1 aliphatic carbocycles. The van der Waals surface area contributed by atoms with Crippen molar-refractivity contribution in [3.63, 3.8) is 0 Å². The van der Waals surface area contributed by atoms with E-state index in [1.54, 1.807) is 6.08 Å². The van der Waals surface area contributed by atoms with E-state index < -0.39 is 0 Å². The van der Waals surface area contributed by atoms with Gasteiger partial charge in [-0.05, 0) is 38.0 Å². The molecule has 3 nitrogen and oxygen atoms in total. The van der Waals surface area contributed by atoms with Crippen molar-refractivity contribution < 1.29 is 4.79 Å². The third-order valence-electron chi connectivity index (χ3n) is 2.48. The molecule has 0 saturated carbocycles. The maximum absolute atomic E-state index is 11.6. The summed E-state index contributed by atoms with van der Waals surface area (Å²) in [4.78, 5) is 11.6. The third-order valence-corrected chi connectivity index (χ3v) is 2.48. The molecule has 1 aromatic heterocycles. The van der Waals surface area contributed by atoms with Crippen LogP contribution in [-0.2, 0) is 4.79 Å². The van der Waals surface area contributed by atoms with Gasteiger partial charge < -0.3 is 0 Å². The van der Waals surface area contributed by atoms with Gasteiger partial charge in [-0.3, -0.25) is 14.9 Å². The number of nitrogens with one attached hydrogen (secondary N) is 1. The number of allylic oxidation sites excluding steroid dienone is 4. The molecule has 1 aliphatic rings. The molecule has 0 amide bonds. The van der Waals surface area contributed by atoms with E-state index in [9.17, 15) is 4.79 Å². The predicted octanol–water partition coefficient (Wildman–Crippen LogP) is 2.22. The minimum absolute atomic E-state index is 0.124. The van der Waals surface area contributed by atoms with Crippen LogP contribution in [0.25, 0.3) is 0 Å². The summed E-state index contributed by atoms with van der Waals surface area (Å²) in [6.07, 6.45) is 9.18. The molecule has 78 valence electrons. The largest absolute Gasteiger partial charge is 0.299 e. The third kappa shape index (κ3) is 2.18. The molecular formula is C12H14N2O. The van der Waals surface area contributed by atoms with Crippen molar-refractivity contribution in [2.45, 2.75) is 19.8 Å². The monoisotopic (exact) mass is 202 g/mol. The van der Waals surface area contributed by atoms with E-state index in [0.29, 0.717) is 0 Å². The molecule has 0 spiro atoms. The highest BCUT2D eigenvalue weighted by Gasteiger charge is 2.12. The number of rotatable bonds is 2. The van der Waals surface area contributed by atoms with Crippen molar-refractivity contribution in [3.8, 4) is 0 Å². The Morgan fingerprint density at radius 2 is 2.13 bits per heavy atom. The van der Waals surface area contributed by atoms with Gasteiger partial charge in [-0.15, -0.1) is 0 Å². The summed E-state index contributed by atoms with van der Waals surface area (Å²) >= 11 is 0. The first-order chi connectivity index (χ1) is 7.27. The quantitative estimate of drug-likeness (QED) is 0.746. The van der Waals surface area contributed by atoms with Crippen LogP contribution < -0.4 is 5.43 Å². The topological polar surface area (TPSA) is 34.0 Å². The fourth-order valence-electron chi connectivity index (χ4n) is 1.68.